The number of hydrogen-bond acceptors (Lipinski definition) is 6. The Bertz CT molecular complexity index is 204. The molecule has 0 radical (unpaired) electrons. The topological polar surface area (TPSA) is 135 Å². The van der Waals surface area contributed by atoms with Crippen LogP contribution < -0.4 is 90.2 Å². The first-order valence-corrected chi connectivity index (χ1v) is 3.18. The summed E-state index contributed by atoms with van der Waals surface area (Å²) < 4.78 is 34.3. The molecule has 0 aromatic rings. The van der Waals surface area contributed by atoms with E-state index in [0.29, 0.717) is 0 Å². The van der Waals surface area contributed by atoms with Gasteiger partial charge in [0.25, 0.3) is 0 Å². The van der Waals surface area contributed by atoms with E-state index < -0.39 is 19.1 Å². The predicted molar refractivity (Wildman–Crippen MR) is 10.1 cm³/mol. The maximum absolute atomic E-state index is 8.58. The summed E-state index contributed by atoms with van der Waals surface area (Å²) in [5, 5.41) is 15.3. The normalized spacial score (nSPS) is 7.36. The van der Waals surface area contributed by atoms with E-state index >= 15 is 0 Å². The van der Waals surface area contributed by atoms with E-state index in [1.54, 1.807) is 0 Å². The van der Waals surface area contributed by atoms with Crippen LogP contribution in [0.2, 0.25) is 0 Å². The summed E-state index contributed by atoms with van der Waals surface area (Å²) in [6.07, 6.45) is -2.08. The second-order valence-corrected chi connectivity index (χ2v) is 1.82. The average Bonchev–Trinajstić information content (AvgIpc) is 1.19. The van der Waals surface area contributed by atoms with Gasteiger partial charge in [-0.1, -0.05) is 0 Å². The van der Waals surface area contributed by atoms with Crippen LogP contribution in [0.1, 0.15) is 0 Å². The van der Waals surface area contributed by atoms with Crippen LogP contribution in [-0.2, 0) is 24.5 Å². The van der Waals surface area contributed by atoms with Crippen molar-refractivity contribution in [2.24, 2.45) is 0 Å². The summed E-state index contributed by atoms with van der Waals surface area (Å²) in [6.45, 7) is 0. The molecule has 0 aromatic heterocycles. The molecule has 0 bridgehead atoms. The van der Waals surface area contributed by atoms with E-state index in [2.05, 4.69) is 0 Å². The minimum atomic E-state index is -5.62. The first-order valence-electron chi connectivity index (χ1n) is 1.25. The Morgan fingerprint density at radius 3 is 1.27 bits per heavy atom. The Balaban J connectivity index is -0.0000000383. The molecule has 0 heterocycles. The second kappa shape index (κ2) is 11.8. The van der Waals surface area contributed by atoms with Crippen LogP contribution in [0.25, 0.3) is 0 Å². The van der Waals surface area contributed by atoms with Gasteiger partial charge in [0.15, 0.2) is 0 Å². The third-order valence-corrected chi connectivity index (χ3v) is 0. The average molecular weight is 242 g/mol. The molecule has 0 aliphatic heterocycles. The quantitative estimate of drug-likeness (QED) is 0.416. The molecule has 0 aliphatic carbocycles. The first-order chi connectivity index (χ1) is 3.73. The first kappa shape index (κ1) is 23.0. The molecule has 0 aromatic carbocycles. The van der Waals surface area contributed by atoms with Crippen molar-refractivity contribution in [1.82, 2.24) is 0 Å². The molecule has 0 saturated heterocycles. The molecular weight excluding hydrogens is 241 g/mol. The van der Waals surface area contributed by atoms with Crippen LogP contribution in [0.5, 0.6) is 0 Å². The number of carbonyl (C=O) groups is 1. The van der Waals surface area contributed by atoms with Crippen molar-refractivity contribution in [1.29, 1.82) is 0 Å². The zero-order chi connectivity index (χ0) is 8.08. The molecule has 0 atom stereocenters. The van der Waals surface area contributed by atoms with Gasteiger partial charge < -0.3 is 15.0 Å². The van der Waals surface area contributed by atoms with Crippen molar-refractivity contribution in [3.63, 3.8) is 0 Å². The van der Waals surface area contributed by atoms with Gasteiger partial charge in [0.1, 0.15) is 0 Å². The maximum atomic E-state index is 8.58. The van der Waals surface area contributed by atoms with Crippen molar-refractivity contribution >= 4 is 6.16 Å². The predicted octanol–water partition coefficient (Wildman–Crippen LogP) is -8.65. The molecule has 0 saturated carbocycles. The van der Waals surface area contributed by atoms with E-state index in [4.69, 9.17) is 30.7 Å². The van der Waals surface area contributed by atoms with Gasteiger partial charge in [-0.25, -0.2) is 0 Å². The third kappa shape index (κ3) is 354. The monoisotopic (exact) mass is 242 g/mol. The van der Waals surface area contributed by atoms with Gasteiger partial charge in [0, 0.05) is 0 Å². The Morgan fingerprint density at radius 1 is 1.27 bits per heavy atom. The van der Waals surface area contributed by atoms with E-state index in [1.165, 1.54) is 0 Å². The van der Waals surface area contributed by atoms with Gasteiger partial charge in [0.2, 0.25) is 6.16 Å². The molecule has 0 spiro atoms. The summed E-state index contributed by atoms with van der Waals surface area (Å²) in [5.74, 6) is 0. The van der Waals surface area contributed by atoms with Gasteiger partial charge in [0.05, 0.1) is 0 Å². The van der Waals surface area contributed by atoms with Crippen molar-refractivity contribution in [2.45, 2.75) is 0 Å². The van der Waals surface area contributed by atoms with Crippen molar-refractivity contribution in [2.75, 3.05) is 0 Å². The van der Waals surface area contributed by atoms with E-state index in [9.17, 15) is 0 Å². The Kier molecular flexibility index (Phi) is 24.7. The molecule has 0 rings (SSSR count). The van der Waals surface area contributed by atoms with E-state index in [0.717, 1.165) is 0 Å². The molecule has 0 aliphatic rings. The number of carboxylic acid groups (broad SMARTS) is 2. The molecule has 11 heavy (non-hydrogen) atoms. The number of hydrogen-bond donors (Lipinski definition) is 1. The molecule has 7 nitrogen and oxygen atoms in total. The third-order valence-electron chi connectivity index (χ3n) is 0. The summed E-state index contributed by atoms with van der Waals surface area (Å²) in [7, 11) is 0. The Morgan fingerprint density at radius 2 is 1.27 bits per heavy atom. The Hall–Kier alpha value is 1.79. The summed E-state index contributed by atoms with van der Waals surface area (Å²) >= 11 is -5.62. The van der Waals surface area contributed by atoms with Crippen molar-refractivity contribution in [3.05, 3.63) is 0 Å². The molecule has 0 amide bonds. The van der Waals surface area contributed by atoms with Gasteiger partial charge in [-0.2, -0.15) is 0 Å². The summed E-state index contributed by atoms with van der Waals surface area (Å²) in [6, 6.07) is 0. The summed E-state index contributed by atoms with van der Waals surface area (Å²) in [4.78, 5) is 8.44. The zero-order valence-electron chi connectivity index (χ0n) is 5.77. The fourth-order valence-corrected chi connectivity index (χ4v) is 0. The van der Waals surface area contributed by atoms with Gasteiger partial charge >= 0.3 is 110 Å². The SMILES string of the molecule is O=C([O-])O.[K+].[Na+].[O]=[Mn](=[O])(=[O])[O-]. The molecular formula is CHKMnNaO7. The standard InChI is InChI=1S/CH2O3.K.Mn.Na.4O/c2-1(3)4;;;;;;;/h(H2,2,3,4);;;;;;;/q;+1;;+1;;;;-1/p-1. The van der Waals surface area contributed by atoms with Crippen molar-refractivity contribution < 1.29 is 125 Å². The van der Waals surface area contributed by atoms with Crippen LogP contribution in [0.4, 0.5) is 4.79 Å². The van der Waals surface area contributed by atoms with Gasteiger partial charge in [-0.15, -0.1) is 0 Å². The summed E-state index contributed by atoms with van der Waals surface area (Å²) in [5.41, 5.74) is 0. The molecule has 56 valence electrons. The van der Waals surface area contributed by atoms with Crippen LogP contribution >= 0.6 is 0 Å². The fraction of sp³-hybridized carbons (Fsp3) is 0. The van der Waals surface area contributed by atoms with Crippen LogP contribution in [0, 0.1) is 0 Å². The molecule has 0 fully saturated rings. The van der Waals surface area contributed by atoms with E-state index in [1.807, 2.05) is 0 Å². The second-order valence-electron chi connectivity index (χ2n) is 0.644. The molecule has 1 N–H and O–H groups in total. The fourth-order valence-electron chi connectivity index (χ4n) is 0. The van der Waals surface area contributed by atoms with Crippen molar-refractivity contribution in [3.8, 4) is 0 Å². The van der Waals surface area contributed by atoms with Gasteiger partial charge in [-0.05, 0) is 0 Å². The minimum absolute atomic E-state index is 0. The number of rotatable bonds is 0. The Labute approximate surface area is 128 Å². The van der Waals surface area contributed by atoms with Crippen LogP contribution in [0.3, 0.4) is 0 Å². The molecule has 10 heteroatoms. The molecule has 0 unspecified atom stereocenters. The van der Waals surface area contributed by atoms with E-state index in [-0.39, 0.29) is 80.9 Å². The van der Waals surface area contributed by atoms with Crippen LogP contribution in [0.15, 0.2) is 0 Å². The van der Waals surface area contributed by atoms with Crippen LogP contribution in [-0.4, -0.2) is 11.3 Å². The zero-order valence-corrected chi connectivity index (χ0v) is 12.1. The van der Waals surface area contributed by atoms with Gasteiger partial charge in [-0.3, -0.25) is 0 Å².